The van der Waals surface area contributed by atoms with Crippen molar-refractivity contribution in [3.8, 4) is 0 Å². The van der Waals surface area contributed by atoms with Gasteiger partial charge < -0.3 is 15.3 Å². The van der Waals surface area contributed by atoms with Crippen LogP contribution in [0.2, 0.25) is 0 Å². The molecule has 0 fully saturated rings. The molecule has 1 unspecified atom stereocenters. The van der Waals surface area contributed by atoms with Gasteiger partial charge in [0, 0.05) is 21.5 Å². The van der Waals surface area contributed by atoms with Crippen molar-refractivity contribution in [2.24, 2.45) is 0 Å². The lowest BCUT2D eigenvalue weighted by Gasteiger charge is -2.25. The number of hydrogen-bond donors (Lipinski definition) is 2. The topological polar surface area (TPSA) is 52.6 Å². The van der Waals surface area contributed by atoms with Gasteiger partial charge in [-0.25, -0.2) is 0 Å². The van der Waals surface area contributed by atoms with Gasteiger partial charge in [0.25, 0.3) is 0 Å². The molecule has 2 aromatic rings. The van der Waals surface area contributed by atoms with Crippen molar-refractivity contribution in [2.45, 2.75) is 13.0 Å². The molecule has 0 radical (unpaired) electrons. The number of hydrogen-bond acceptors (Lipinski definition) is 3. The van der Waals surface area contributed by atoms with Crippen LogP contribution < -0.4 is 10.2 Å². The van der Waals surface area contributed by atoms with Gasteiger partial charge in [-0.2, -0.15) is 0 Å². The maximum absolute atomic E-state index is 12.3. The number of para-hydroxylation sites is 1. The fourth-order valence-corrected chi connectivity index (χ4v) is 2.70. The van der Waals surface area contributed by atoms with Crippen LogP contribution in [0.25, 0.3) is 0 Å². The molecule has 0 aromatic heterocycles. The van der Waals surface area contributed by atoms with Crippen LogP contribution >= 0.6 is 22.6 Å². The summed E-state index contributed by atoms with van der Waals surface area (Å²) in [6.45, 7) is 2.32. The first-order chi connectivity index (χ1) is 10.5. The first kappa shape index (κ1) is 16.8. The highest BCUT2D eigenvalue weighted by Crippen LogP contribution is 2.15. The zero-order chi connectivity index (χ0) is 15.9. The first-order valence-electron chi connectivity index (χ1n) is 7.08. The lowest BCUT2D eigenvalue weighted by molar-refractivity contribution is -0.115. The van der Waals surface area contributed by atoms with Crippen molar-refractivity contribution in [1.29, 1.82) is 0 Å². The maximum atomic E-state index is 12.3. The van der Waals surface area contributed by atoms with Gasteiger partial charge in [-0.3, -0.25) is 4.79 Å². The normalized spacial score (nSPS) is 11.8. The molecule has 116 valence electrons. The number of benzene rings is 2. The van der Waals surface area contributed by atoms with E-state index in [-0.39, 0.29) is 12.5 Å². The molecular weight excluding hydrogens is 391 g/mol. The Morgan fingerprint density at radius 1 is 1.23 bits per heavy atom. The van der Waals surface area contributed by atoms with Crippen LogP contribution in [0.3, 0.4) is 0 Å². The molecule has 0 spiro atoms. The van der Waals surface area contributed by atoms with Crippen LogP contribution in [0, 0.1) is 3.57 Å². The molecule has 0 saturated heterocycles. The quantitative estimate of drug-likeness (QED) is 0.720. The minimum atomic E-state index is -0.509. The standard InChI is InChI=1S/C17H19IN2O2/c1-13(21)11-20(16-8-3-2-4-9-16)12-17(22)19-15-7-5-6-14(18)10-15/h2-10,13,21H,11-12H2,1H3,(H,19,22). The van der Waals surface area contributed by atoms with Gasteiger partial charge in [-0.15, -0.1) is 0 Å². The Hall–Kier alpha value is -1.60. The summed E-state index contributed by atoms with van der Waals surface area (Å²) in [6.07, 6.45) is -0.509. The summed E-state index contributed by atoms with van der Waals surface area (Å²) in [5.74, 6) is -0.105. The predicted octanol–water partition coefficient (Wildman–Crippen LogP) is 3.12. The third kappa shape index (κ3) is 5.31. The Morgan fingerprint density at radius 2 is 1.95 bits per heavy atom. The number of carbonyl (C=O) groups excluding carboxylic acids is 1. The average molecular weight is 410 g/mol. The molecule has 2 rings (SSSR count). The molecule has 0 heterocycles. The smallest absolute Gasteiger partial charge is 0.243 e. The molecule has 1 amide bonds. The van der Waals surface area contributed by atoms with E-state index in [0.717, 1.165) is 14.9 Å². The highest BCUT2D eigenvalue weighted by Gasteiger charge is 2.13. The van der Waals surface area contributed by atoms with Gasteiger partial charge in [0.2, 0.25) is 5.91 Å². The molecule has 0 aliphatic carbocycles. The maximum Gasteiger partial charge on any atom is 0.243 e. The summed E-state index contributed by atoms with van der Waals surface area (Å²) in [4.78, 5) is 14.1. The molecule has 0 aliphatic heterocycles. The molecule has 1 atom stereocenters. The molecule has 0 saturated carbocycles. The Morgan fingerprint density at radius 3 is 2.59 bits per heavy atom. The lowest BCUT2D eigenvalue weighted by atomic mass is 10.2. The van der Waals surface area contributed by atoms with E-state index in [1.807, 2.05) is 59.5 Å². The zero-order valence-corrected chi connectivity index (χ0v) is 14.5. The molecule has 2 aromatic carbocycles. The Balaban J connectivity index is 2.05. The van der Waals surface area contributed by atoms with Gasteiger partial charge in [0.05, 0.1) is 12.6 Å². The van der Waals surface area contributed by atoms with Crippen molar-refractivity contribution in [2.75, 3.05) is 23.3 Å². The van der Waals surface area contributed by atoms with E-state index in [1.165, 1.54) is 0 Å². The number of aliphatic hydroxyl groups is 1. The van der Waals surface area contributed by atoms with E-state index in [2.05, 4.69) is 27.9 Å². The minimum Gasteiger partial charge on any atom is -0.392 e. The predicted molar refractivity (Wildman–Crippen MR) is 98.1 cm³/mol. The van der Waals surface area contributed by atoms with Crippen molar-refractivity contribution >= 4 is 39.9 Å². The zero-order valence-electron chi connectivity index (χ0n) is 12.4. The SMILES string of the molecule is CC(O)CN(CC(=O)Nc1cccc(I)c1)c1ccccc1. The summed E-state index contributed by atoms with van der Waals surface area (Å²) in [7, 11) is 0. The molecule has 4 nitrogen and oxygen atoms in total. The Bertz CT molecular complexity index is 617. The number of halogens is 1. The minimum absolute atomic E-state index is 0.105. The van der Waals surface area contributed by atoms with Gasteiger partial charge in [0.15, 0.2) is 0 Å². The van der Waals surface area contributed by atoms with E-state index in [1.54, 1.807) is 6.92 Å². The average Bonchev–Trinajstić information content (AvgIpc) is 2.47. The van der Waals surface area contributed by atoms with Crippen molar-refractivity contribution in [3.05, 3.63) is 58.2 Å². The van der Waals surface area contributed by atoms with E-state index >= 15 is 0 Å². The van der Waals surface area contributed by atoms with E-state index < -0.39 is 6.10 Å². The van der Waals surface area contributed by atoms with Crippen LogP contribution in [-0.2, 0) is 4.79 Å². The number of rotatable bonds is 6. The first-order valence-corrected chi connectivity index (χ1v) is 8.16. The second kappa shape index (κ2) is 8.14. The van der Waals surface area contributed by atoms with Gasteiger partial charge in [0.1, 0.15) is 0 Å². The van der Waals surface area contributed by atoms with Crippen LogP contribution in [0.15, 0.2) is 54.6 Å². The largest absolute Gasteiger partial charge is 0.392 e. The summed E-state index contributed by atoms with van der Waals surface area (Å²) in [6, 6.07) is 17.3. The number of aliphatic hydroxyl groups excluding tert-OH is 1. The van der Waals surface area contributed by atoms with Crippen LogP contribution in [-0.4, -0.2) is 30.2 Å². The molecule has 22 heavy (non-hydrogen) atoms. The van der Waals surface area contributed by atoms with Crippen LogP contribution in [0.1, 0.15) is 6.92 Å². The second-order valence-electron chi connectivity index (χ2n) is 5.12. The number of nitrogens with one attached hydrogen (secondary N) is 1. The summed E-state index contributed by atoms with van der Waals surface area (Å²) in [5.41, 5.74) is 1.70. The molecular formula is C17H19IN2O2. The Kier molecular flexibility index (Phi) is 6.21. The Labute approximate surface area is 144 Å². The number of nitrogens with zero attached hydrogens (tertiary/aromatic N) is 1. The van der Waals surface area contributed by atoms with Crippen molar-refractivity contribution in [3.63, 3.8) is 0 Å². The van der Waals surface area contributed by atoms with Crippen molar-refractivity contribution < 1.29 is 9.90 Å². The number of carbonyl (C=O) groups is 1. The monoisotopic (exact) mass is 410 g/mol. The van der Waals surface area contributed by atoms with E-state index in [9.17, 15) is 9.90 Å². The number of anilines is 2. The summed E-state index contributed by atoms with van der Waals surface area (Å²) < 4.78 is 1.07. The highest BCUT2D eigenvalue weighted by molar-refractivity contribution is 14.1. The summed E-state index contributed by atoms with van der Waals surface area (Å²) in [5, 5.41) is 12.5. The van der Waals surface area contributed by atoms with Gasteiger partial charge >= 0.3 is 0 Å². The number of amides is 1. The molecule has 0 bridgehead atoms. The van der Waals surface area contributed by atoms with Gasteiger partial charge in [-0.1, -0.05) is 24.3 Å². The van der Waals surface area contributed by atoms with E-state index in [0.29, 0.717) is 6.54 Å². The van der Waals surface area contributed by atoms with Crippen LogP contribution in [0.4, 0.5) is 11.4 Å². The molecule has 2 N–H and O–H groups in total. The second-order valence-corrected chi connectivity index (χ2v) is 6.37. The third-order valence-electron chi connectivity index (χ3n) is 3.05. The van der Waals surface area contributed by atoms with Crippen molar-refractivity contribution in [1.82, 2.24) is 0 Å². The summed E-state index contributed by atoms with van der Waals surface area (Å²) >= 11 is 2.21. The highest BCUT2D eigenvalue weighted by atomic mass is 127. The third-order valence-corrected chi connectivity index (χ3v) is 3.72. The van der Waals surface area contributed by atoms with Crippen LogP contribution in [0.5, 0.6) is 0 Å². The lowest BCUT2D eigenvalue weighted by Crippen LogP contribution is -2.37. The van der Waals surface area contributed by atoms with E-state index in [4.69, 9.17) is 0 Å². The fourth-order valence-electron chi connectivity index (χ4n) is 2.16. The van der Waals surface area contributed by atoms with Gasteiger partial charge in [-0.05, 0) is 59.8 Å². The fraction of sp³-hybridized carbons (Fsp3) is 0.235. The molecule has 5 heteroatoms. The molecule has 0 aliphatic rings.